The largest absolute Gasteiger partial charge is 0.329 e. The van der Waals surface area contributed by atoms with Crippen molar-refractivity contribution in [1.29, 1.82) is 0 Å². The molecule has 140 valence electrons. The predicted molar refractivity (Wildman–Crippen MR) is 104 cm³/mol. The second-order valence-electron chi connectivity index (χ2n) is 6.12. The number of rotatable bonds is 7. The molecule has 2 aromatic carbocycles. The first-order valence-corrected chi connectivity index (χ1v) is 9.63. The van der Waals surface area contributed by atoms with Crippen molar-refractivity contribution in [3.63, 3.8) is 0 Å². The number of hydrogen-bond acceptors (Lipinski definition) is 4. The Labute approximate surface area is 159 Å². The number of hydrogen-bond donors (Lipinski definition) is 3. The third kappa shape index (κ3) is 4.24. The third-order valence-corrected chi connectivity index (χ3v) is 5.81. The average molecular weight is 396 g/mol. The fourth-order valence-corrected chi connectivity index (χ4v) is 3.89. The first-order chi connectivity index (χ1) is 12.0. The third-order valence-electron chi connectivity index (χ3n) is 4.35. The Morgan fingerprint density at radius 3 is 2.38 bits per heavy atom. The molecule has 0 atom stereocenters. The number of sulfonamides is 1. The summed E-state index contributed by atoms with van der Waals surface area (Å²) in [6, 6.07) is 15.9. The van der Waals surface area contributed by atoms with E-state index in [0.29, 0.717) is 5.69 Å². The summed E-state index contributed by atoms with van der Waals surface area (Å²) in [5.74, 6) is -0.108. The fraction of sp³-hybridized carbons (Fsp3) is 0.278. The molecule has 1 saturated carbocycles. The Balaban J connectivity index is 0.00000243. The van der Waals surface area contributed by atoms with Crippen molar-refractivity contribution in [2.75, 3.05) is 18.4 Å². The van der Waals surface area contributed by atoms with Gasteiger partial charge < -0.3 is 11.1 Å². The zero-order chi connectivity index (χ0) is 17.9. The topological polar surface area (TPSA) is 101 Å². The van der Waals surface area contributed by atoms with Gasteiger partial charge in [0.2, 0.25) is 15.9 Å². The van der Waals surface area contributed by atoms with Crippen molar-refractivity contribution in [3.8, 4) is 0 Å². The van der Waals surface area contributed by atoms with E-state index in [4.69, 9.17) is 5.73 Å². The Kier molecular flexibility index (Phi) is 6.41. The van der Waals surface area contributed by atoms with E-state index in [0.717, 1.165) is 18.4 Å². The molecule has 2 aromatic rings. The second-order valence-corrected chi connectivity index (χ2v) is 7.88. The zero-order valence-corrected chi connectivity index (χ0v) is 15.8. The van der Waals surface area contributed by atoms with Gasteiger partial charge in [-0.15, -0.1) is 12.4 Å². The van der Waals surface area contributed by atoms with E-state index in [1.165, 1.54) is 12.1 Å². The lowest BCUT2D eigenvalue weighted by atomic mass is 9.95. The summed E-state index contributed by atoms with van der Waals surface area (Å²) < 4.78 is 26.8. The number of nitrogens with one attached hydrogen (secondary N) is 2. The summed E-state index contributed by atoms with van der Waals surface area (Å²) >= 11 is 0. The summed E-state index contributed by atoms with van der Waals surface area (Å²) in [4.78, 5) is 12.8. The van der Waals surface area contributed by atoms with Crippen LogP contribution in [0.4, 0.5) is 5.69 Å². The molecule has 0 bridgehead atoms. The summed E-state index contributed by atoms with van der Waals surface area (Å²) in [6.45, 7) is 0.380. The highest BCUT2D eigenvalue weighted by molar-refractivity contribution is 7.89. The predicted octanol–water partition coefficient (Wildman–Crippen LogP) is 2.02. The molecule has 1 fully saturated rings. The molecule has 0 spiro atoms. The standard InChI is InChI=1S/C18H21N3O3S.ClH/c19-11-12-20-25(23,24)16-8-4-7-15(13-16)21-17(22)18(9-10-18)14-5-2-1-3-6-14;/h1-8,13,20H,9-12,19H2,(H,21,22);1H. The molecule has 0 heterocycles. The minimum absolute atomic E-state index is 0. The number of amides is 1. The molecule has 3 rings (SSSR count). The van der Waals surface area contributed by atoms with Gasteiger partial charge in [0.25, 0.3) is 0 Å². The second kappa shape index (κ2) is 8.18. The minimum Gasteiger partial charge on any atom is -0.329 e. The van der Waals surface area contributed by atoms with Crippen LogP contribution in [0.2, 0.25) is 0 Å². The van der Waals surface area contributed by atoms with Gasteiger partial charge in [-0.25, -0.2) is 13.1 Å². The van der Waals surface area contributed by atoms with Crippen molar-refractivity contribution in [2.45, 2.75) is 23.2 Å². The summed E-state index contributed by atoms with van der Waals surface area (Å²) in [5, 5.41) is 2.86. The van der Waals surface area contributed by atoms with E-state index in [1.54, 1.807) is 12.1 Å². The zero-order valence-electron chi connectivity index (χ0n) is 14.1. The Hall–Kier alpha value is -1.93. The molecule has 26 heavy (non-hydrogen) atoms. The highest BCUT2D eigenvalue weighted by Crippen LogP contribution is 2.48. The van der Waals surface area contributed by atoms with Gasteiger partial charge in [0.05, 0.1) is 10.3 Å². The van der Waals surface area contributed by atoms with Gasteiger partial charge >= 0.3 is 0 Å². The van der Waals surface area contributed by atoms with Crippen LogP contribution in [0.5, 0.6) is 0 Å². The van der Waals surface area contributed by atoms with E-state index in [9.17, 15) is 13.2 Å². The number of halogens is 1. The molecular formula is C18H22ClN3O3S. The average Bonchev–Trinajstić information content (AvgIpc) is 3.43. The molecule has 6 nitrogen and oxygen atoms in total. The smallest absolute Gasteiger partial charge is 0.240 e. The lowest BCUT2D eigenvalue weighted by Gasteiger charge is -2.16. The summed E-state index contributed by atoms with van der Waals surface area (Å²) in [5.41, 5.74) is 6.28. The van der Waals surface area contributed by atoms with E-state index >= 15 is 0 Å². The van der Waals surface area contributed by atoms with E-state index < -0.39 is 15.4 Å². The van der Waals surface area contributed by atoms with Crippen molar-refractivity contribution < 1.29 is 13.2 Å². The number of carbonyl (C=O) groups excluding carboxylic acids is 1. The van der Waals surface area contributed by atoms with Crippen molar-refractivity contribution in [1.82, 2.24) is 4.72 Å². The molecule has 1 aliphatic carbocycles. The van der Waals surface area contributed by atoms with E-state index in [-0.39, 0.29) is 36.3 Å². The van der Waals surface area contributed by atoms with Gasteiger partial charge in [0.15, 0.2) is 0 Å². The maximum absolute atomic E-state index is 12.7. The lowest BCUT2D eigenvalue weighted by Crippen LogP contribution is -2.30. The van der Waals surface area contributed by atoms with Crippen LogP contribution >= 0.6 is 12.4 Å². The highest BCUT2D eigenvalue weighted by atomic mass is 35.5. The molecular weight excluding hydrogens is 374 g/mol. The van der Waals surface area contributed by atoms with Crippen LogP contribution < -0.4 is 15.8 Å². The summed E-state index contributed by atoms with van der Waals surface area (Å²) in [6.07, 6.45) is 1.58. The molecule has 0 aromatic heterocycles. The van der Waals surface area contributed by atoms with Crippen LogP contribution in [0, 0.1) is 0 Å². The van der Waals surface area contributed by atoms with Crippen LogP contribution in [-0.2, 0) is 20.2 Å². The van der Waals surface area contributed by atoms with Crippen LogP contribution in [-0.4, -0.2) is 27.4 Å². The summed E-state index contributed by atoms with van der Waals surface area (Å²) in [7, 11) is -3.63. The highest BCUT2D eigenvalue weighted by Gasteiger charge is 2.51. The van der Waals surface area contributed by atoms with Gasteiger partial charge in [-0.05, 0) is 36.6 Å². The van der Waals surface area contributed by atoms with Gasteiger partial charge in [0.1, 0.15) is 0 Å². The van der Waals surface area contributed by atoms with Crippen molar-refractivity contribution in [2.24, 2.45) is 5.73 Å². The van der Waals surface area contributed by atoms with Crippen LogP contribution in [0.25, 0.3) is 0 Å². The first-order valence-electron chi connectivity index (χ1n) is 8.15. The normalized spacial score (nSPS) is 15.0. The molecule has 1 amide bonds. The van der Waals surface area contributed by atoms with Crippen LogP contribution in [0.15, 0.2) is 59.5 Å². The van der Waals surface area contributed by atoms with Crippen LogP contribution in [0.3, 0.4) is 0 Å². The first kappa shape index (κ1) is 20.4. The molecule has 0 radical (unpaired) electrons. The SMILES string of the molecule is Cl.NCCNS(=O)(=O)c1cccc(NC(=O)C2(c3ccccc3)CC2)c1. The van der Waals surface area contributed by atoms with Crippen LogP contribution in [0.1, 0.15) is 18.4 Å². The Morgan fingerprint density at radius 2 is 1.77 bits per heavy atom. The molecule has 0 saturated heterocycles. The van der Waals surface area contributed by atoms with Gasteiger partial charge in [-0.1, -0.05) is 36.4 Å². The molecule has 4 N–H and O–H groups in total. The van der Waals surface area contributed by atoms with E-state index in [2.05, 4.69) is 10.0 Å². The minimum atomic E-state index is -3.63. The number of anilines is 1. The van der Waals surface area contributed by atoms with Crippen molar-refractivity contribution >= 4 is 34.0 Å². The van der Waals surface area contributed by atoms with E-state index in [1.807, 2.05) is 30.3 Å². The quantitative estimate of drug-likeness (QED) is 0.667. The molecule has 0 aliphatic heterocycles. The number of carbonyl (C=O) groups is 1. The van der Waals surface area contributed by atoms with Gasteiger partial charge in [-0.2, -0.15) is 0 Å². The fourth-order valence-electron chi connectivity index (χ4n) is 2.80. The molecule has 0 unspecified atom stereocenters. The number of nitrogens with two attached hydrogens (primary N) is 1. The maximum Gasteiger partial charge on any atom is 0.240 e. The lowest BCUT2D eigenvalue weighted by molar-refractivity contribution is -0.118. The Morgan fingerprint density at radius 1 is 1.08 bits per heavy atom. The van der Waals surface area contributed by atoms with Crippen molar-refractivity contribution in [3.05, 3.63) is 60.2 Å². The molecule has 1 aliphatic rings. The molecule has 8 heteroatoms. The Bertz CT molecular complexity index is 868. The maximum atomic E-state index is 12.7. The monoisotopic (exact) mass is 395 g/mol. The van der Waals surface area contributed by atoms with Gasteiger partial charge in [0, 0.05) is 18.8 Å². The number of benzene rings is 2. The van der Waals surface area contributed by atoms with Gasteiger partial charge in [-0.3, -0.25) is 4.79 Å².